The molecule has 0 atom stereocenters. The molecule has 6 heteroatoms. The molecule has 1 aromatic rings. The van der Waals surface area contributed by atoms with Gasteiger partial charge in [-0.15, -0.1) is 0 Å². The van der Waals surface area contributed by atoms with Crippen molar-refractivity contribution < 1.29 is 21.7 Å². The molecule has 0 amide bonds. The fourth-order valence-electron chi connectivity index (χ4n) is 0.867. The summed E-state index contributed by atoms with van der Waals surface area (Å²) in [5, 5.41) is 0. The number of hydrogen-bond donors (Lipinski definition) is 0. The predicted molar refractivity (Wildman–Crippen MR) is 48.4 cm³/mol. The fourth-order valence-corrected chi connectivity index (χ4v) is 1.32. The Hall–Kier alpha value is -1.30. The quantitative estimate of drug-likeness (QED) is 0.717. The fraction of sp³-hybridized carbons (Fsp3) is 0.250. The van der Waals surface area contributed by atoms with Crippen LogP contribution in [0.15, 0.2) is 18.2 Å². The van der Waals surface area contributed by atoms with Gasteiger partial charge < -0.3 is 8.92 Å². The zero-order valence-electron chi connectivity index (χ0n) is 7.65. The largest absolute Gasteiger partial charge is 0.494 e. The molecule has 0 aliphatic heterocycles. The zero-order valence-corrected chi connectivity index (χ0v) is 8.47. The van der Waals surface area contributed by atoms with Gasteiger partial charge in [-0.2, -0.15) is 8.42 Å². The van der Waals surface area contributed by atoms with Crippen LogP contribution >= 0.6 is 0 Å². The van der Waals surface area contributed by atoms with Crippen LogP contribution in [0.25, 0.3) is 0 Å². The highest BCUT2D eigenvalue weighted by atomic mass is 32.2. The second-order valence-corrected chi connectivity index (χ2v) is 4.16. The summed E-state index contributed by atoms with van der Waals surface area (Å²) in [5.74, 6) is -0.620. The van der Waals surface area contributed by atoms with Crippen LogP contribution in [0, 0.1) is 5.82 Å². The molecule has 14 heavy (non-hydrogen) atoms. The third kappa shape index (κ3) is 2.88. The van der Waals surface area contributed by atoms with E-state index in [1.54, 1.807) is 0 Å². The minimum absolute atomic E-state index is 0.0192. The highest BCUT2D eigenvalue weighted by molar-refractivity contribution is 7.86. The molecule has 0 saturated carbocycles. The zero-order chi connectivity index (χ0) is 10.8. The molecule has 0 N–H and O–H groups in total. The molecule has 0 aliphatic rings. The second-order valence-electron chi connectivity index (χ2n) is 2.58. The Morgan fingerprint density at radius 3 is 2.50 bits per heavy atom. The standard InChI is InChI=1S/C8H9FO4S/c1-12-8-5-6(3-4-7(8)9)13-14(2,10)11/h3-5H,1-2H3. The van der Waals surface area contributed by atoms with E-state index in [1.807, 2.05) is 0 Å². The first-order valence-corrected chi connectivity index (χ1v) is 5.47. The molecular formula is C8H9FO4S. The van der Waals surface area contributed by atoms with E-state index < -0.39 is 15.9 Å². The van der Waals surface area contributed by atoms with Gasteiger partial charge in [-0.25, -0.2) is 4.39 Å². The Labute approximate surface area is 81.4 Å². The van der Waals surface area contributed by atoms with Crippen LogP contribution in [0.1, 0.15) is 0 Å². The molecule has 78 valence electrons. The van der Waals surface area contributed by atoms with Crippen molar-refractivity contribution in [2.24, 2.45) is 0 Å². The van der Waals surface area contributed by atoms with Gasteiger partial charge in [0.25, 0.3) is 0 Å². The van der Waals surface area contributed by atoms with Crippen LogP contribution in [0.5, 0.6) is 11.5 Å². The summed E-state index contributed by atoms with van der Waals surface area (Å²) < 4.78 is 43.5. The molecule has 0 heterocycles. The number of methoxy groups -OCH3 is 1. The maximum Gasteiger partial charge on any atom is 0.306 e. The maximum atomic E-state index is 12.9. The lowest BCUT2D eigenvalue weighted by Gasteiger charge is -2.05. The number of benzene rings is 1. The number of rotatable bonds is 3. The van der Waals surface area contributed by atoms with Crippen LogP contribution in [-0.2, 0) is 10.1 Å². The molecule has 1 rings (SSSR count). The topological polar surface area (TPSA) is 52.6 Å². The molecule has 0 aliphatic carbocycles. The molecule has 4 nitrogen and oxygen atoms in total. The number of ether oxygens (including phenoxy) is 1. The minimum atomic E-state index is -3.59. The van der Waals surface area contributed by atoms with Crippen LogP contribution < -0.4 is 8.92 Å². The predicted octanol–water partition coefficient (Wildman–Crippen LogP) is 1.17. The van der Waals surface area contributed by atoms with E-state index in [-0.39, 0.29) is 11.5 Å². The monoisotopic (exact) mass is 220 g/mol. The van der Waals surface area contributed by atoms with Gasteiger partial charge in [0.05, 0.1) is 13.4 Å². The summed E-state index contributed by atoms with van der Waals surface area (Å²) in [6, 6.07) is 3.44. The van der Waals surface area contributed by atoms with Crippen molar-refractivity contribution in [2.75, 3.05) is 13.4 Å². The minimum Gasteiger partial charge on any atom is -0.494 e. The lowest BCUT2D eigenvalue weighted by atomic mass is 10.3. The van der Waals surface area contributed by atoms with E-state index in [9.17, 15) is 12.8 Å². The van der Waals surface area contributed by atoms with E-state index in [0.717, 1.165) is 18.4 Å². The van der Waals surface area contributed by atoms with E-state index in [2.05, 4.69) is 8.92 Å². The SMILES string of the molecule is COc1cc(OS(C)(=O)=O)ccc1F. The summed E-state index contributed by atoms with van der Waals surface area (Å²) in [4.78, 5) is 0. The third-order valence-corrected chi connectivity index (χ3v) is 1.87. The van der Waals surface area contributed by atoms with Crippen LogP contribution in [-0.4, -0.2) is 21.8 Å². The Morgan fingerprint density at radius 1 is 1.36 bits per heavy atom. The van der Waals surface area contributed by atoms with Gasteiger partial charge in [0.1, 0.15) is 5.75 Å². The molecule has 0 fully saturated rings. The first-order valence-electron chi connectivity index (χ1n) is 3.65. The van der Waals surface area contributed by atoms with Gasteiger partial charge in [0, 0.05) is 6.07 Å². The highest BCUT2D eigenvalue weighted by Gasteiger charge is 2.08. The van der Waals surface area contributed by atoms with E-state index in [4.69, 9.17) is 0 Å². The van der Waals surface area contributed by atoms with Crippen LogP contribution in [0.3, 0.4) is 0 Å². The first-order chi connectivity index (χ1) is 6.42. The smallest absolute Gasteiger partial charge is 0.306 e. The first kappa shape index (κ1) is 10.8. The molecule has 0 radical (unpaired) electrons. The normalized spacial score (nSPS) is 11.1. The van der Waals surface area contributed by atoms with Crippen molar-refractivity contribution in [1.29, 1.82) is 0 Å². The third-order valence-electron chi connectivity index (χ3n) is 1.37. The van der Waals surface area contributed by atoms with E-state index >= 15 is 0 Å². The van der Waals surface area contributed by atoms with Crippen LogP contribution in [0.4, 0.5) is 4.39 Å². The van der Waals surface area contributed by atoms with Gasteiger partial charge in [-0.1, -0.05) is 0 Å². The van der Waals surface area contributed by atoms with E-state index in [1.165, 1.54) is 13.2 Å². The van der Waals surface area contributed by atoms with Gasteiger partial charge >= 0.3 is 10.1 Å². The van der Waals surface area contributed by atoms with Crippen molar-refractivity contribution in [3.05, 3.63) is 24.0 Å². The second kappa shape index (κ2) is 3.83. The van der Waals surface area contributed by atoms with Crippen LogP contribution in [0.2, 0.25) is 0 Å². The van der Waals surface area contributed by atoms with Gasteiger partial charge in [-0.05, 0) is 12.1 Å². The molecule has 0 unspecified atom stereocenters. The number of halogens is 1. The average molecular weight is 220 g/mol. The average Bonchev–Trinajstić information content (AvgIpc) is 2.06. The van der Waals surface area contributed by atoms with E-state index in [0.29, 0.717) is 0 Å². The van der Waals surface area contributed by atoms with Crippen molar-refractivity contribution in [2.45, 2.75) is 0 Å². The summed E-state index contributed by atoms with van der Waals surface area (Å²) in [7, 11) is -2.31. The molecule has 1 aromatic carbocycles. The Morgan fingerprint density at radius 2 is 2.00 bits per heavy atom. The van der Waals surface area contributed by atoms with Crippen molar-refractivity contribution >= 4 is 10.1 Å². The lowest BCUT2D eigenvalue weighted by Crippen LogP contribution is -2.05. The molecule has 0 saturated heterocycles. The van der Waals surface area contributed by atoms with Crippen molar-refractivity contribution in [1.82, 2.24) is 0 Å². The summed E-state index contributed by atoms with van der Waals surface area (Å²) >= 11 is 0. The Balaban J connectivity index is 3.01. The van der Waals surface area contributed by atoms with Crippen molar-refractivity contribution in [3.63, 3.8) is 0 Å². The molecule has 0 aromatic heterocycles. The summed E-state index contributed by atoms with van der Waals surface area (Å²) in [6.45, 7) is 0. The van der Waals surface area contributed by atoms with Crippen molar-refractivity contribution in [3.8, 4) is 11.5 Å². The summed E-state index contributed by atoms with van der Waals surface area (Å²) in [5.41, 5.74) is 0. The summed E-state index contributed by atoms with van der Waals surface area (Å²) in [6.07, 6.45) is 0.906. The number of hydrogen-bond acceptors (Lipinski definition) is 4. The maximum absolute atomic E-state index is 12.9. The highest BCUT2D eigenvalue weighted by Crippen LogP contribution is 2.23. The van der Waals surface area contributed by atoms with Gasteiger partial charge in [0.2, 0.25) is 0 Å². The Bertz CT molecular complexity index is 427. The molecule has 0 bridgehead atoms. The molecular weight excluding hydrogens is 211 g/mol. The van der Waals surface area contributed by atoms with Gasteiger partial charge in [-0.3, -0.25) is 0 Å². The lowest BCUT2D eigenvalue weighted by molar-refractivity contribution is 0.383. The Kier molecular flexibility index (Phi) is 2.95. The molecule has 0 spiro atoms. The van der Waals surface area contributed by atoms with Gasteiger partial charge in [0.15, 0.2) is 11.6 Å².